The van der Waals surface area contributed by atoms with E-state index in [4.69, 9.17) is 4.74 Å². The number of nitrogens with zero attached hydrogens (tertiary/aromatic N) is 1. The number of ether oxygens (including phenoxy) is 1. The van der Waals surface area contributed by atoms with Crippen LogP contribution in [0.2, 0.25) is 0 Å². The lowest BCUT2D eigenvalue weighted by Crippen LogP contribution is -2.46. The van der Waals surface area contributed by atoms with Gasteiger partial charge in [-0.3, -0.25) is 19.5 Å². The molecule has 2 heterocycles. The van der Waals surface area contributed by atoms with E-state index in [0.717, 1.165) is 12.1 Å². The molecule has 1 saturated heterocycles. The normalized spacial score (nSPS) is 16.8. The number of benzene rings is 1. The van der Waals surface area contributed by atoms with E-state index in [2.05, 4.69) is 5.32 Å². The van der Waals surface area contributed by atoms with E-state index in [-0.39, 0.29) is 13.1 Å². The number of H-pyrrole nitrogens is 1. The van der Waals surface area contributed by atoms with Crippen molar-refractivity contribution >= 4 is 5.91 Å². The molecule has 1 amide bonds. The van der Waals surface area contributed by atoms with Crippen molar-refractivity contribution in [2.45, 2.75) is 38.2 Å². The average molecular weight is 415 g/mol. The number of carbonyl (C=O) groups excluding carboxylic acids is 1. The maximum atomic E-state index is 13.5. The minimum absolute atomic E-state index is 0.255. The van der Waals surface area contributed by atoms with E-state index >= 15 is 0 Å². The van der Waals surface area contributed by atoms with Gasteiger partial charge in [0, 0.05) is 13.2 Å². The number of hydrogen-bond acceptors (Lipinski definition) is 4. The first-order valence-corrected chi connectivity index (χ1v) is 8.75. The van der Waals surface area contributed by atoms with E-state index in [1.54, 1.807) is 0 Å². The number of carbonyl (C=O) groups is 1. The fraction of sp³-hybridized carbons (Fsp3) is 0.389. The highest BCUT2D eigenvalue weighted by Crippen LogP contribution is 2.28. The molecule has 3 rings (SSSR count). The summed E-state index contributed by atoms with van der Waals surface area (Å²) in [5.41, 5.74) is -5.37. The molecule has 29 heavy (non-hydrogen) atoms. The number of hydrogen-bond donors (Lipinski definition) is 2. The summed E-state index contributed by atoms with van der Waals surface area (Å²) in [6.07, 6.45) is -4.34. The number of amides is 1. The van der Waals surface area contributed by atoms with Crippen LogP contribution in [0.25, 0.3) is 0 Å². The van der Waals surface area contributed by atoms with Crippen molar-refractivity contribution in [3.05, 3.63) is 67.5 Å². The lowest BCUT2D eigenvalue weighted by Gasteiger charge is -2.17. The minimum atomic E-state index is -5.08. The van der Waals surface area contributed by atoms with Crippen LogP contribution in [0.1, 0.15) is 34.5 Å². The molecule has 156 valence electrons. The smallest absolute Gasteiger partial charge is 0.376 e. The quantitative estimate of drug-likeness (QED) is 0.576. The van der Waals surface area contributed by atoms with Gasteiger partial charge < -0.3 is 10.1 Å². The first-order valence-electron chi connectivity index (χ1n) is 8.75. The topological polar surface area (TPSA) is 93.2 Å². The summed E-state index contributed by atoms with van der Waals surface area (Å²) in [6.45, 7) is -0.0941. The minimum Gasteiger partial charge on any atom is -0.376 e. The lowest BCUT2D eigenvalue weighted by atomic mass is 10.1. The maximum Gasteiger partial charge on any atom is 0.433 e. The van der Waals surface area contributed by atoms with Gasteiger partial charge in [-0.2, -0.15) is 13.2 Å². The van der Waals surface area contributed by atoms with E-state index in [1.807, 2.05) is 5.10 Å². The summed E-state index contributed by atoms with van der Waals surface area (Å²) in [6, 6.07) is 4.87. The van der Waals surface area contributed by atoms with Crippen LogP contribution in [-0.2, 0) is 24.0 Å². The summed E-state index contributed by atoms with van der Waals surface area (Å²) in [4.78, 5) is 36.9. The Morgan fingerprint density at radius 3 is 2.52 bits per heavy atom. The van der Waals surface area contributed by atoms with Crippen molar-refractivity contribution in [1.29, 1.82) is 0 Å². The van der Waals surface area contributed by atoms with E-state index in [1.165, 1.54) is 12.1 Å². The van der Waals surface area contributed by atoms with Crippen molar-refractivity contribution in [3.63, 3.8) is 0 Å². The van der Waals surface area contributed by atoms with E-state index in [9.17, 15) is 31.9 Å². The zero-order valence-electron chi connectivity index (χ0n) is 15.0. The zero-order chi connectivity index (χ0) is 21.2. The van der Waals surface area contributed by atoms with Crippen molar-refractivity contribution in [2.75, 3.05) is 6.61 Å². The summed E-state index contributed by atoms with van der Waals surface area (Å²) < 4.78 is 59.2. The SMILES string of the molecule is O=C(NCc1ccc(F)cc1)c1c(C(F)(F)F)[nH]n(CC2CCCO2)c(=O)c1=O. The molecule has 2 aromatic rings. The first-order chi connectivity index (χ1) is 13.7. The summed E-state index contributed by atoms with van der Waals surface area (Å²) >= 11 is 0. The summed E-state index contributed by atoms with van der Waals surface area (Å²) in [7, 11) is 0. The molecule has 1 aliphatic rings. The van der Waals surface area contributed by atoms with Crippen LogP contribution in [0.3, 0.4) is 0 Å². The van der Waals surface area contributed by atoms with Crippen LogP contribution in [0.5, 0.6) is 0 Å². The highest BCUT2D eigenvalue weighted by Gasteiger charge is 2.39. The van der Waals surface area contributed by atoms with Crippen LogP contribution in [0, 0.1) is 5.82 Å². The summed E-state index contributed by atoms with van der Waals surface area (Å²) in [5, 5.41) is 4.02. The Morgan fingerprint density at radius 2 is 1.93 bits per heavy atom. The number of aromatic nitrogens is 2. The Labute approximate surface area is 161 Å². The van der Waals surface area contributed by atoms with Gasteiger partial charge in [0.2, 0.25) is 0 Å². The molecule has 1 aromatic carbocycles. The predicted octanol–water partition coefficient (Wildman–Crippen LogP) is 1.80. The van der Waals surface area contributed by atoms with Crippen LogP contribution < -0.4 is 16.3 Å². The molecule has 2 N–H and O–H groups in total. The molecular weight excluding hydrogens is 398 g/mol. The number of rotatable bonds is 5. The molecule has 0 bridgehead atoms. The molecule has 0 spiro atoms. The number of aromatic amines is 1. The molecule has 0 radical (unpaired) electrons. The van der Waals surface area contributed by atoms with Crippen molar-refractivity contribution in [1.82, 2.24) is 15.1 Å². The molecular formula is C18H17F4N3O4. The first kappa shape index (κ1) is 20.8. The van der Waals surface area contributed by atoms with Crippen molar-refractivity contribution in [3.8, 4) is 0 Å². The second kappa shape index (κ2) is 8.19. The lowest BCUT2D eigenvalue weighted by molar-refractivity contribution is -0.143. The second-order valence-electron chi connectivity index (χ2n) is 6.55. The molecule has 1 aliphatic heterocycles. The van der Waals surface area contributed by atoms with Crippen LogP contribution in [0.4, 0.5) is 17.6 Å². The van der Waals surface area contributed by atoms with Gasteiger partial charge in [-0.25, -0.2) is 9.07 Å². The Morgan fingerprint density at radius 1 is 1.24 bits per heavy atom. The van der Waals surface area contributed by atoms with Gasteiger partial charge in [-0.1, -0.05) is 12.1 Å². The number of nitrogens with one attached hydrogen (secondary N) is 2. The molecule has 1 unspecified atom stereocenters. The molecule has 1 aromatic heterocycles. The summed E-state index contributed by atoms with van der Waals surface area (Å²) in [5.74, 6) is -1.88. The van der Waals surface area contributed by atoms with Crippen molar-refractivity contribution in [2.24, 2.45) is 0 Å². The molecule has 0 aliphatic carbocycles. The van der Waals surface area contributed by atoms with Gasteiger partial charge in [0.15, 0.2) is 5.69 Å². The third kappa shape index (κ3) is 4.73. The predicted molar refractivity (Wildman–Crippen MR) is 92.9 cm³/mol. The van der Waals surface area contributed by atoms with Gasteiger partial charge in [0.05, 0.1) is 12.6 Å². The molecule has 7 nitrogen and oxygen atoms in total. The highest BCUT2D eigenvalue weighted by atomic mass is 19.4. The Hall–Kier alpha value is -2.95. The van der Waals surface area contributed by atoms with Gasteiger partial charge in [0.25, 0.3) is 11.3 Å². The fourth-order valence-electron chi connectivity index (χ4n) is 3.00. The molecule has 1 atom stereocenters. The Kier molecular flexibility index (Phi) is 5.87. The number of alkyl halides is 3. The third-order valence-electron chi connectivity index (χ3n) is 4.45. The Bertz CT molecular complexity index is 1010. The van der Waals surface area contributed by atoms with Gasteiger partial charge in [-0.15, -0.1) is 0 Å². The molecule has 11 heteroatoms. The van der Waals surface area contributed by atoms with E-state index < -0.39 is 46.3 Å². The van der Waals surface area contributed by atoms with Gasteiger partial charge in [-0.05, 0) is 30.5 Å². The number of halogens is 4. The van der Waals surface area contributed by atoms with Crippen LogP contribution >= 0.6 is 0 Å². The van der Waals surface area contributed by atoms with E-state index in [0.29, 0.717) is 29.7 Å². The Balaban J connectivity index is 1.92. The molecule has 1 fully saturated rings. The average Bonchev–Trinajstić information content (AvgIpc) is 3.17. The largest absolute Gasteiger partial charge is 0.433 e. The highest BCUT2D eigenvalue weighted by molar-refractivity contribution is 5.95. The second-order valence-corrected chi connectivity index (χ2v) is 6.55. The third-order valence-corrected chi connectivity index (χ3v) is 4.45. The van der Waals surface area contributed by atoms with Gasteiger partial charge in [0.1, 0.15) is 11.4 Å². The van der Waals surface area contributed by atoms with Gasteiger partial charge >= 0.3 is 11.7 Å². The standard InChI is InChI=1S/C18H17F4N3O4/c19-11-5-3-10(4-6-11)8-23-16(27)13-14(26)17(28)25(9-12-2-1-7-29-12)24-15(13)18(20,21)22/h3-6,12,24H,1-2,7-9H2,(H,23,27). The monoisotopic (exact) mass is 415 g/mol. The fourth-order valence-corrected chi connectivity index (χ4v) is 3.00. The maximum absolute atomic E-state index is 13.5. The zero-order valence-corrected chi connectivity index (χ0v) is 15.0. The van der Waals surface area contributed by atoms with Crippen molar-refractivity contribution < 1.29 is 27.1 Å². The van der Waals surface area contributed by atoms with Crippen LogP contribution in [0.15, 0.2) is 33.9 Å². The molecule has 0 saturated carbocycles. The van der Waals surface area contributed by atoms with Crippen LogP contribution in [-0.4, -0.2) is 28.4 Å².